The molecule has 0 unspecified atom stereocenters. The third-order valence-electron chi connectivity index (χ3n) is 5.59. The van der Waals surface area contributed by atoms with Crippen molar-refractivity contribution in [3.63, 3.8) is 0 Å². The third kappa shape index (κ3) is 5.66. The van der Waals surface area contributed by atoms with E-state index in [2.05, 4.69) is 19.6 Å². The second kappa shape index (κ2) is 10.9. The summed E-state index contributed by atoms with van der Waals surface area (Å²) in [6.07, 6.45) is 1.29. The van der Waals surface area contributed by atoms with E-state index in [-0.39, 0.29) is 10.7 Å². The summed E-state index contributed by atoms with van der Waals surface area (Å²) in [5, 5.41) is 0.467. The van der Waals surface area contributed by atoms with Gasteiger partial charge in [0.15, 0.2) is 28.8 Å². The smallest absolute Gasteiger partial charge is 0.263 e. The molecule has 0 radical (unpaired) electrons. The maximum Gasteiger partial charge on any atom is 0.263 e. The van der Waals surface area contributed by atoms with Crippen LogP contribution >= 0.6 is 0 Å². The van der Waals surface area contributed by atoms with Crippen LogP contribution in [-0.2, 0) is 14.8 Å². The van der Waals surface area contributed by atoms with Gasteiger partial charge in [-0.1, -0.05) is 0 Å². The summed E-state index contributed by atoms with van der Waals surface area (Å²) in [5.41, 5.74) is 0.507. The molecule has 2 heterocycles. The van der Waals surface area contributed by atoms with E-state index >= 15 is 0 Å². The Bertz CT molecular complexity index is 1280. The molecule has 2 aromatic carbocycles. The van der Waals surface area contributed by atoms with Gasteiger partial charge >= 0.3 is 0 Å². The molecular formula is C23H28N4O7S. The van der Waals surface area contributed by atoms with Crippen LogP contribution in [0, 0.1) is 0 Å². The number of aromatic nitrogens is 2. The highest BCUT2D eigenvalue weighted by molar-refractivity contribution is 7.92. The molecule has 1 fully saturated rings. The number of nitrogens with one attached hydrogen (secondary N) is 1. The Kier molecular flexibility index (Phi) is 7.73. The molecule has 0 atom stereocenters. The highest BCUT2D eigenvalue weighted by Gasteiger charge is 2.20. The van der Waals surface area contributed by atoms with Crippen molar-refractivity contribution in [2.24, 2.45) is 0 Å². The fourth-order valence-electron chi connectivity index (χ4n) is 3.70. The van der Waals surface area contributed by atoms with Crippen LogP contribution in [-0.4, -0.2) is 84.1 Å². The minimum atomic E-state index is -3.98. The van der Waals surface area contributed by atoms with Crippen molar-refractivity contribution < 1.29 is 32.1 Å². The maximum atomic E-state index is 13.1. The number of rotatable bonds is 10. The maximum absolute atomic E-state index is 13.1. The van der Waals surface area contributed by atoms with Gasteiger partial charge in [0, 0.05) is 37.2 Å². The molecule has 188 valence electrons. The topological polar surface area (TPSA) is 121 Å². The Balaban J connectivity index is 1.58. The van der Waals surface area contributed by atoms with Crippen molar-refractivity contribution in [2.45, 2.75) is 4.90 Å². The van der Waals surface area contributed by atoms with E-state index in [1.807, 2.05) is 0 Å². The van der Waals surface area contributed by atoms with Gasteiger partial charge in [0.2, 0.25) is 0 Å². The predicted octanol–water partition coefficient (Wildman–Crippen LogP) is 2.17. The molecule has 0 aliphatic carbocycles. The zero-order chi connectivity index (χ0) is 24.8. The minimum absolute atomic E-state index is 0.00283. The molecule has 3 aromatic rings. The first-order valence-corrected chi connectivity index (χ1v) is 12.4. The number of nitrogens with zero attached hydrogens (tertiary/aromatic N) is 3. The van der Waals surface area contributed by atoms with E-state index in [1.54, 1.807) is 12.1 Å². The standard InChI is InChI=1S/C23H28N4O7S/c1-30-19-5-4-16(12-20(19)31-2)35(28,29)26-23-17-13-21(32-3)22(14-18(17)24-15-25-23)34-11-8-27-6-9-33-10-7-27/h4-5,12-15H,6-11H2,1-3H3,(H,24,25,26). The van der Waals surface area contributed by atoms with Crippen LogP contribution in [0.3, 0.4) is 0 Å². The molecule has 1 N–H and O–H groups in total. The number of sulfonamides is 1. The number of methoxy groups -OCH3 is 3. The van der Waals surface area contributed by atoms with Crippen molar-refractivity contribution in [3.05, 3.63) is 36.7 Å². The fourth-order valence-corrected chi connectivity index (χ4v) is 4.74. The van der Waals surface area contributed by atoms with Crippen molar-refractivity contribution in [1.29, 1.82) is 0 Å². The minimum Gasteiger partial charge on any atom is -0.493 e. The van der Waals surface area contributed by atoms with Crippen molar-refractivity contribution >= 4 is 26.7 Å². The molecule has 1 aliphatic heterocycles. The zero-order valence-electron chi connectivity index (χ0n) is 19.8. The van der Waals surface area contributed by atoms with Gasteiger partial charge in [-0.3, -0.25) is 9.62 Å². The molecule has 0 spiro atoms. The molecular weight excluding hydrogens is 476 g/mol. The average molecular weight is 505 g/mol. The summed E-state index contributed by atoms with van der Waals surface area (Å²) in [6, 6.07) is 7.70. The summed E-state index contributed by atoms with van der Waals surface area (Å²) in [5.74, 6) is 1.79. The lowest BCUT2D eigenvalue weighted by Gasteiger charge is -2.26. The van der Waals surface area contributed by atoms with Gasteiger partial charge in [-0.15, -0.1) is 0 Å². The summed E-state index contributed by atoms with van der Waals surface area (Å²) in [4.78, 5) is 10.7. The number of ether oxygens (including phenoxy) is 5. The van der Waals surface area contributed by atoms with Crippen LogP contribution in [0.15, 0.2) is 41.6 Å². The SMILES string of the molecule is COc1ccc(S(=O)(=O)Nc2ncnc3cc(OCCN4CCOCC4)c(OC)cc23)cc1OC. The van der Waals surface area contributed by atoms with Gasteiger partial charge in [-0.05, 0) is 18.2 Å². The first kappa shape index (κ1) is 24.8. The van der Waals surface area contributed by atoms with E-state index in [1.165, 1.54) is 45.9 Å². The van der Waals surface area contributed by atoms with Gasteiger partial charge in [-0.25, -0.2) is 18.4 Å². The quantitative estimate of drug-likeness (QED) is 0.440. The number of anilines is 1. The predicted molar refractivity (Wildman–Crippen MR) is 129 cm³/mol. The normalized spacial score (nSPS) is 14.5. The second-order valence-corrected chi connectivity index (χ2v) is 9.35. The molecule has 35 heavy (non-hydrogen) atoms. The Morgan fingerprint density at radius 2 is 1.66 bits per heavy atom. The Labute approximate surface area is 204 Å². The van der Waals surface area contributed by atoms with Gasteiger partial charge < -0.3 is 23.7 Å². The van der Waals surface area contributed by atoms with Crippen molar-refractivity contribution in [2.75, 3.05) is 65.5 Å². The fraction of sp³-hybridized carbons (Fsp3) is 0.391. The van der Waals surface area contributed by atoms with Crippen LogP contribution in [0.4, 0.5) is 5.82 Å². The van der Waals surface area contributed by atoms with Crippen LogP contribution in [0.2, 0.25) is 0 Å². The lowest BCUT2D eigenvalue weighted by atomic mass is 10.2. The first-order valence-electron chi connectivity index (χ1n) is 11.0. The number of hydrogen-bond acceptors (Lipinski definition) is 10. The first-order chi connectivity index (χ1) is 16.9. The Morgan fingerprint density at radius 3 is 2.37 bits per heavy atom. The second-order valence-electron chi connectivity index (χ2n) is 7.67. The van der Waals surface area contributed by atoms with Gasteiger partial charge in [0.05, 0.1) is 45.0 Å². The van der Waals surface area contributed by atoms with Gasteiger partial charge in [0.25, 0.3) is 10.0 Å². The van der Waals surface area contributed by atoms with E-state index in [0.29, 0.717) is 40.5 Å². The number of morpholine rings is 1. The summed E-state index contributed by atoms with van der Waals surface area (Å²) in [6.45, 7) is 4.40. The van der Waals surface area contributed by atoms with Crippen molar-refractivity contribution in [1.82, 2.24) is 14.9 Å². The summed E-state index contributed by atoms with van der Waals surface area (Å²) >= 11 is 0. The lowest BCUT2D eigenvalue weighted by molar-refractivity contribution is 0.0321. The summed E-state index contributed by atoms with van der Waals surface area (Å²) in [7, 11) is 0.453. The highest BCUT2D eigenvalue weighted by atomic mass is 32.2. The molecule has 12 heteroatoms. The zero-order valence-corrected chi connectivity index (χ0v) is 20.6. The number of benzene rings is 2. The number of hydrogen-bond donors (Lipinski definition) is 1. The summed E-state index contributed by atoms with van der Waals surface area (Å²) < 4.78 is 56.0. The van der Waals surface area contributed by atoms with Gasteiger partial charge in [0.1, 0.15) is 12.9 Å². The Morgan fingerprint density at radius 1 is 0.943 bits per heavy atom. The Hall–Kier alpha value is -3.35. The molecule has 4 rings (SSSR count). The molecule has 1 aromatic heterocycles. The molecule has 1 aliphatic rings. The van der Waals surface area contributed by atoms with Crippen LogP contribution in [0.1, 0.15) is 0 Å². The van der Waals surface area contributed by atoms with Crippen molar-refractivity contribution in [3.8, 4) is 23.0 Å². The van der Waals surface area contributed by atoms with E-state index < -0.39 is 10.0 Å². The van der Waals surface area contributed by atoms with E-state index in [9.17, 15) is 8.42 Å². The van der Waals surface area contributed by atoms with Crippen LogP contribution in [0.5, 0.6) is 23.0 Å². The van der Waals surface area contributed by atoms with Crippen LogP contribution < -0.4 is 23.7 Å². The van der Waals surface area contributed by atoms with Crippen LogP contribution in [0.25, 0.3) is 10.9 Å². The average Bonchev–Trinajstić information content (AvgIpc) is 2.88. The molecule has 0 bridgehead atoms. The molecule has 0 saturated carbocycles. The lowest BCUT2D eigenvalue weighted by Crippen LogP contribution is -2.38. The molecule has 1 saturated heterocycles. The third-order valence-corrected chi connectivity index (χ3v) is 6.92. The highest BCUT2D eigenvalue weighted by Crippen LogP contribution is 2.35. The van der Waals surface area contributed by atoms with E-state index in [0.717, 1.165) is 32.8 Å². The van der Waals surface area contributed by atoms with Gasteiger partial charge in [-0.2, -0.15) is 0 Å². The van der Waals surface area contributed by atoms with E-state index in [4.69, 9.17) is 23.7 Å². The molecule has 0 amide bonds. The molecule has 11 nitrogen and oxygen atoms in total. The monoisotopic (exact) mass is 504 g/mol. The number of fused-ring (bicyclic) bond motifs is 1. The largest absolute Gasteiger partial charge is 0.493 e.